The zero-order chi connectivity index (χ0) is 12.4. The molecule has 0 aliphatic rings. The van der Waals surface area contributed by atoms with Gasteiger partial charge >= 0.3 is 0 Å². The van der Waals surface area contributed by atoms with Gasteiger partial charge in [0.05, 0.1) is 5.69 Å². The third-order valence-corrected chi connectivity index (χ3v) is 2.90. The summed E-state index contributed by atoms with van der Waals surface area (Å²) >= 11 is 3.38. The first-order valence-corrected chi connectivity index (χ1v) is 5.74. The number of hydrogen-bond acceptors (Lipinski definition) is 4. The zero-order valence-corrected chi connectivity index (χ0v) is 10.9. The fourth-order valence-corrected chi connectivity index (χ4v) is 1.93. The molecule has 0 aliphatic carbocycles. The number of hydrogen-bond donors (Lipinski definition) is 1. The van der Waals surface area contributed by atoms with Crippen LogP contribution < -0.4 is 5.32 Å². The number of aryl methyl sites for hydroxylation is 2. The Balaban J connectivity index is 2.22. The van der Waals surface area contributed by atoms with Crippen molar-refractivity contribution in [3.05, 3.63) is 39.6 Å². The molecule has 0 unspecified atom stereocenters. The van der Waals surface area contributed by atoms with Crippen molar-refractivity contribution < 1.29 is 9.42 Å². The topological polar surface area (TPSA) is 68.0 Å². The van der Waals surface area contributed by atoms with Crippen molar-refractivity contribution in [1.29, 1.82) is 0 Å². The van der Waals surface area contributed by atoms with Gasteiger partial charge in [-0.05, 0) is 52.6 Å². The molecule has 0 atom stereocenters. The second kappa shape index (κ2) is 4.67. The molecule has 0 saturated heterocycles. The van der Waals surface area contributed by atoms with Gasteiger partial charge in [0.25, 0.3) is 5.91 Å². The lowest BCUT2D eigenvalue weighted by atomic mass is 10.2. The molecular formula is C11H10BrN3O2. The third kappa shape index (κ3) is 2.52. The predicted octanol–water partition coefficient (Wildman–Crippen LogP) is 2.70. The van der Waals surface area contributed by atoms with E-state index in [0.717, 1.165) is 10.0 Å². The van der Waals surface area contributed by atoms with Crippen LogP contribution in [0.3, 0.4) is 0 Å². The summed E-state index contributed by atoms with van der Waals surface area (Å²) in [4.78, 5) is 11.8. The number of nitrogens with zero attached hydrogens (tertiary/aromatic N) is 2. The van der Waals surface area contributed by atoms with Crippen LogP contribution in [-0.4, -0.2) is 16.2 Å². The summed E-state index contributed by atoms with van der Waals surface area (Å²) in [6.07, 6.45) is 0. The molecule has 88 valence electrons. The molecule has 0 radical (unpaired) electrons. The van der Waals surface area contributed by atoms with Crippen LogP contribution in [0, 0.1) is 13.8 Å². The predicted molar refractivity (Wildman–Crippen MR) is 65.9 cm³/mol. The average molecular weight is 296 g/mol. The van der Waals surface area contributed by atoms with Crippen LogP contribution in [0.4, 0.5) is 5.69 Å². The lowest BCUT2D eigenvalue weighted by Gasteiger charge is -2.06. The molecule has 6 heteroatoms. The van der Waals surface area contributed by atoms with Crippen molar-refractivity contribution in [3.63, 3.8) is 0 Å². The molecule has 0 bridgehead atoms. The van der Waals surface area contributed by atoms with Gasteiger partial charge in [-0.15, -0.1) is 0 Å². The van der Waals surface area contributed by atoms with Crippen LogP contribution in [-0.2, 0) is 0 Å². The standard InChI is InChI=1S/C11H10BrN3O2/c1-6-3-4-9(8(12)5-6)13-11(16)10-7(2)14-17-15-10/h3-5H,1-2H3,(H,13,16). The van der Waals surface area contributed by atoms with Gasteiger partial charge < -0.3 is 5.32 Å². The summed E-state index contributed by atoms with van der Waals surface area (Å²) < 4.78 is 5.30. The molecular weight excluding hydrogens is 286 g/mol. The maximum atomic E-state index is 11.8. The molecule has 1 aromatic heterocycles. The second-order valence-electron chi connectivity index (χ2n) is 3.64. The van der Waals surface area contributed by atoms with Gasteiger partial charge in [-0.2, -0.15) is 0 Å². The molecule has 2 rings (SSSR count). The van der Waals surface area contributed by atoms with Crippen LogP contribution in [0.1, 0.15) is 21.7 Å². The molecule has 0 fully saturated rings. The van der Waals surface area contributed by atoms with E-state index in [2.05, 4.69) is 36.2 Å². The third-order valence-electron chi connectivity index (χ3n) is 2.24. The van der Waals surface area contributed by atoms with Gasteiger partial charge in [0, 0.05) is 4.47 Å². The Kier molecular flexibility index (Phi) is 3.23. The Morgan fingerprint density at radius 2 is 2.12 bits per heavy atom. The molecule has 2 aromatic rings. The van der Waals surface area contributed by atoms with E-state index in [1.165, 1.54) is 0 Å². The van der Waals surface area contributed by atoms with E-state index in [-0.39, 0.29) is 11.6 Å². The van der Waals surface area contributed by atoms with Gasteiger partial charge in [0.2, 0.25) is 0 Å². The maximum Gasteiger partial charge on any atom is 0.279 e. The first kappa shape index (κ1) is 11.8. The molecule has 0 spiro atoms. The summed E-state index contributed by atoms with van der Waals surface area (Å²) in [6.45, 7) is 3.64. The largest absolute Gasteiger partial charge is 0.319 e. The Bertz CT molecular complexity index is 566. The van der Waals surface area contributed by atoms with E-state index < -0.39 is 0 Å². The lowest BCUT2D eigenvalue weighted by Crippen LogP contribution is -2.14. The Hall–Kier alpha value is -1.69. The lowest BCUT2D eigenvalue weighted by molar-refractivity contribution is 0.101. The number of benzene rings is 1. The fourth-order valence-electron chi connectivity index (χ4n) is 1.34. The van der Waals surface area contributed by atoms with Gasteiger partial charge in [0.15, 0.2) is 5.69 Å². The summed E-state index contributed by atoms with van der Waals surface area (Å²) in [5.74, 6) is -0.340. The summed E-state index contributed by atoms with van der Waals surface area (Å²) in [7, 11) is 0. The highest BCUT2D eigenvalue weighted by atomic mass is 79.9. The van der Waals surface area contributed by atoms with Crippen LogP contribution in [0.25, 0.3) is 0 Å². The summed E-state index contributed by atoms with van der Waals surface area (Å²) in [5.41, 5.74) is 2.44. The number of carbonyl (C=O) groups is 1. The van der Waals surface area contributed by atoms with E-state index >= 15 is 0 Å². The van der Waals surface area contributed by atoms with Crippen LogP contribution in [0.15, 0.2) is 27.3 Å². The van der Waals surface area contributed by atoms with Gasteiger partial charge in [-0.25, -0.2) is 4.63 Å². The highest BCUT2D eigenvalue weighted by Gasteiger charge is 2.15. The first-order valence-electron chi connectivity index (χ1n) is 4.94. The molecule has 1 heterocycles. The smallest absolute Gasteiger partial charge is 0.279 e. The van der Waals surface area contributed by atoms with Gasteiger partial charge in [-0.1, -0.05) is 11.2 Å². The minimum atomic E-state index is -0.340. The normalized spacial score (nSPS) is 10.3. The van der Waals surface area contributed by atoms with Crippen molar-refractivity contribution in [2.75, 3.05) is 5.32 Å². The molecule has 5 nitrogen and oxygen atoms in total. The average Bonchev–Trinajstić information content (AvgIpc) is 2.68. The molecule has 1 amide bonds. The molecule has 0 aliphatic heterocycles. The molecule has 17 heavy (non-hydrogen) atoms. The van der Waals surface area contributed by atoms with Gasteiger partial charge in [0.1, 0.15) is 5.69 Å². The SMILES string of the molecule is Cc1ccc(NC(=O)c2nonc2C)c(Br)c1. The van der Waals surface area contributed by atoms with Crippen molar-refractivity contribution in [2.24, 2.45) is 0 Å². The van der Waals surface area contributed by atoms with E-state index in [0.29, 0.717) is 11.4 Å². The van der Waals surface area contributed by atoms with E-state index in [4.69, 9.17) is 0 Å². The second-order valence-corrected chi connectivity index (χ2v) is 4.49. The van der Waals surface area contributed by atoms with E-state index in [1.54, 1.807) is 6.92 Å². The quantitative estimate of drug-likeness (QED) is 0.925. The summed E-state index contributed by atoms with van der Waals surface area (Å²) in [6, 6.07) is 5.65. The van der Waals surface area contributed by atoms with Crippen molar-refractivity contribution in [3.8, 4) is 0 Å². The van der Waals surface area contributed by atoms with Crippen molar-refractivity contribution in [1.82, 2.24) is 10.3 Å². The molecule has 1 aromatic carbocycles. The zero-order valence-electron chi connectivity index (χ0n) is 9.32. The van der Waals surface area contributed by atoms with Crippen LogP contribution >= 0.6 is 15.9 Å². The Morgan fingerprint density at radius 3 is 2.71 bits per heavy atom. The number of rotatable bonds is 2. The number of halogens is 1. The number of aromatic nitrogens is 2. The number of carbonyl (C=O) groups excluding carboxylic acids is 1. The van der Waals surface area contributed by atoms with E-state index in [1.807, 2.05) is 25.1 Å². The minimum Gasteiger partial charge on any atom is -0.319 e. The Labute approximate surface area is 106 Å². The Morgan fingerprint density at radius 1 is 1.35 bits per heavy atom. The summed E-state index contributed by atoms with van der Waals surface area (Å²) in [5, 5.41) is 9.84. The van der Waals surface area contributed by atoms with E-state index in [9.17, 15) is 4.79 Å². The maximum absolute atomic E-state index is 11.8. The first-order chi connectivity index (χ1) is 8.08. The monoisotopic (exact) mass is 295 g/mol. The highest BCUT2D eigenvalue weighted by Crippen LogP contribution is 2.23. The van der Waals surface area contributed by atoms with Gasteiger partial charge in [-0.3, -0.25) is 4.79 Å². The highest BCUT2D eigenvalue weighted by molar-refractivity contribution is 9.10. The minimum absolute atomic E-state index is 0.192. The van der Waals surface area contributed by atoms with Crippen LogP contribution in [0.2, 0.25) is 0 Å². The van der Waals surface area contributed by atoms with Crippen molar-refractivity contribution >= 4 is 27.5 Å². The fraction of sp³-hybridized carbons (Fsp3) is 0.182. The van der Waals surface area contributed by atoms with Crippen LogP contribution in [0.5, 0.6) is 0 Å². The molecule has 0 saturated carbocycles. The molecule has 1 N–H and O–H groups in total. The van der Waals surface area contributed by atoms with Crippen molar-refractivity contribution in [2.45, 2.75) is 13.8 Å². The number of nitrogens with one attached hydrogen (secondary N) is 1. The number of amides is 1. The number of anilines is 1.